The number of pyridine rings is 1. The third kappa shape index (κ3) is 4.72. The maximum Gasteiger partial charge on any atom is 0.222 e. The Morgan fingerprint density at radius 3 is 3.07 bits per heavy atom. The molecule has 1 saturated heterocycles. The van der Waals surface area contributed by atoms with Crippen molar-refractivity contribution in [2.45, 2.75) is 32.1 Å². The molecule has 7 heteroatoms. The summed E-state index contributed by atoms with van der Waals surface area (Å²) in [6, 6.07) is 7.93. The van der Waals surface area contributed by atoms with Gasteiger partial charge < -0.3 is 14.8 Å². The average molecular weight is 393 g/mol. The lowest BCUT2D eigenvalue weighted by molar-refractivity contribution is -0.130. The maximum absolute atomic E-state index is 12.6. The molecule has 0 saturated carbocycles. The van der Waals surface area contributed by atoms with E-state index in [-0.39, 0.29) is 5.91 Å². The molecule has 1 atom stereocenters. The second-order valence-corrected chi connectivity index (χ2v) is 7.82. The van der Waals surface area contributed by atoms with Gasteiger partial charge in [0, 0.05) is 57.6 Å². The van der Waals surface area contributed by atoms with Crippen LogP contribution in [0, 0.1) is 5.92 Å². The molecule has 1 N–H and O–H groups in total. The van der Waals surface area contributed by atoms with Crippen molar-refractivity contribution < 1.29 is 4.79 Å². The van der Waals surface area contributed by atoms with E-state index in [9.17, 15) is 4.79 Å². The number of piperidine rings is 1. The van der Waals surface area contributed by atoms with Crippen molar-refractivity contribution in [2.75, 3.05) is 31.6 Å². The Hall–Kier alpha value is -2.96. The van der Waals surface area contributed by atoms with E-state index < -0.39 is 0 Å². The van der Waals surface area contributed by atoms with Crippen LogP contribution in [0.2, 0.25) is 0 Å². The van der Waals surface area contributed by atoms with Gasteiger partial charge in [-0.25, -0.2) is 9.97 Å². The van der Waals surface area contributed by atoms with E-state index in [1.807, 2.05) is 42.4 Å². The second kappa shape index (κ2) is 9.03. The standard InChI is InChI=1S/C22H28N6O/c1-27(14-10-18-6-2-3-11-23-18)20(29)8-7-17-5-4-13-28(15-17)22-19-9-12-24-21(19)25-16-26-22/h2-3,6,9,11-12,16-17H,4-5,7-8,10,13-15H2,1H3,(H,24,25,26). The van der Waals surface area contributed by atoms with Crippen LogP contribution in [0.3, 0.4) is 0 Å². The van der Waals surface area contributed by atoms with Gasteiger partial charge in [0.15, 0.2) is 0 Å². The Balaban J connectivity index is 1.28. The summed E-state index contributed by atoms with van der Waals surface area (Å²) in [7, 11) is 1.89. The Kier molecular flexibility index (Phi) is 6.03. The van der Waals surface area contributed by atoms with Gasteiger partial charge in [-0.1, -0.05) is 6.07 Å². The summed E-state index contributed by atoms with van der Waals surface area (Å²) in [5, 5.41) is 1.07. The molecular formula is C22H28N6O. The number of hydrogen-bond acceptors (Lipinski definition) is 5. The zero-order chi connectivity index (χ0) is 20.1. The zero-order valence-corrected chi connectivity index (χ0v) is 16.9. The van der Waals surface area contributed by atoms with E-state index >= 15 is 0 Å². The van der Waals surface area contributed by atoms with E-state index in [1.54, 1.807) is 12.5 Å². The maximum atomic E-state index is 12.6. The fourth-order valence-electron chi connectivity index (χ4n) is 4.08. The summed E-state index contributed by atoms with van der Waals surface area (Å²) in [5.74, 6) is 1.73. The van der Waals surface area contributed by atoms with Crippen molar-refractivity contribution in [3.05, 3.63) is 48.7 Å². The molecule has 4 heterocycles. The van der Waals surface area contributed by atoms with Crippen LogP contribution in [0.15, 0.2) is 43.0 Å². The van der Waals surface area contributed by atoms with Gasteiger partial charge in [-0.05, 0) is 43.4 Å². The van der Waals surface area contributed by atoms with Gasteiger partial charge in [0.2, 0.25) is 5.91 Å². The van der Waals surface area contributed by atoms with Gasteiger partial charge in [0.25, 0.3) is 0 Å². The Morgan fingerprint density at radius 2 is 2.21 bits per heavy atom. The molecule has 0 spiro atoms. The number of fused-ring (bicyclic) bond motifs is 1. The van der Waals surface area contributed by atoms with Crippen LogP contribution in [-0.2, 0) is 11.2 Å². The van der Waals surface area contributed by atoms with Crippen molar-refractivity contribution >= 4 is 22.8 Å². The number of carbonyl (C=O) groups is 1. The molecule has 4 rings (SSSR count). The van der Waals surface area contributed by atoms with E-state index in [0.717, 1.165) is 54.9 Å². The summed E-state index contributed by atoms with van der Waals surface area (Å²) in [4.78, 5) is 33.0. The number of likely N-dealkylation sites (N-methyl/N-ethyl adjacent to an activating group) is 1. The molecule has 1 aliphatic rings. The van der Waals surface area contributed by atoms with Crippen LogP contribution in [-0.4, -0.2) is 57.4 Å². The van der Waals surface area contributed by atoms with Crippen LogP contribution >= 0.6 is 0 Å². The van der Waals surface area contributed by atoms with E-state index in [2.05, 4.69) is 24.8 Å². The summed E-state index contributed by atoms with van der Waals surface area (Å²) >= 11 is 0. The normalized spacial score (nSPS) is 16.9. The number of rotatable bonds is 7. The summed E-state index contributed by atoms with van der Waals surface area (Å²) in [5.41, 5.74) is 1.90. The first-order chi connectivity index (χ1) is 14.2. The van der Waals surface area contributed by atoms with Crippen LogP contribution in [0.1, 0.15) is 31.4 Å². The van der Waals surface area contributed by atoms with Crippen molar-refractivity contribution in [3.63, 3.8) is 0 Å². The van der Waals surface area contributed by atoms with Crippen LogP contribution < -0.4 is 4.90 Å². The highest BCUT2D eigenvalue weighted by Gasteiger charge is 2.23. The Morgan fingerprint density at radius 1 is 1.28 bits per heavy atom. The van der Waals surface area contributed by atoms with Gasteiger partial charge in [0.1, 0.15) is 17.8 Å². The van der Waals surface area contributed by atoms with Crippen molar-refractivity contribution in [3.8, 4) is 0 Å². The molecular weight excluding hydrogens is 364 g/mol. The van der Waals surface area contributed by atoms with E-state index in [4.69, 9.17) is 0 Å². The highest BCUT2D eigenvalue weighted by Crippen LogP contribution is 2.28. The minimum Gasteiger partial charge on any atom is -0.356 e. The SMILES string of the molecule is CN(CCc1ccccn1)C(=O)CCC1CCCN(c2ncnc3[nH]ccc23)C1. The summed E-state index contributed by atoms with van der Waals surface area (Å²) < 4.78 is 0. The first-order valence-corrected chi connectivity index (χ1v) is 10.4. The topological polar surface area (TPSA) is 78.0 Å². The van der Waals surface area contributed by atoms with Crippen molar-refractivity contribution in [2.24, 2.45) is 5.92 Å². The summed E-state index contributed by atoms with van der Waals surface area (Å²) in [6.07, 6.45) is 9.94. The molecule has 0 bridgehead atoms. The molecule has 0 aliphatic carbocycles. The van der Waals surface area contributed by atoms with Crippen LogP contribution in [0.25, 0.3) is 11.0 Å². The fraction of sp³-hybridized carbons (Fsp3) is 0.455. The van der Waals surface area contributed by atoms with Gasteiger partial charge >= 0.3 is 0 Å². The third-order valence-corrected chi connectivity index (χ3v) is 5.77. The second-order valence-electron chi connectivity index (χ2n) is 7.82. The molecule has 152 valence electrons. The number of nitrogens with one attached hydrogen (secondary N) is 1. The fourth-order valence-corrected chi connectivity index (χ4v) is 4.08. The predicted octanol–water partition coefficient (Wildman–Crippen LogP) is 3.05. The molecule has 3 aromatic rings. The van der Waals surface area contributed by atoms with Gasteiger partial charge in [-0.3, -0.25) is 9.78 Å². The molecule has 7 nitrogen and oxygen atoms in total. The number of hydrogen-bond donors (Lipinski definition) is 1. The highest BCUT2D eigenvalue weighted by molar-refractivity contribution is 5.87. The smallest absolute Gasteiger partial charge is 0.222 e. The number of amides is 1. The first kappa shape index (κ1) is 19.4. The third-order valence-electron chi connectivity index (χ3n) is 5.77. The first-order valence-electron chi connectivity index (χ1n) is 10.4. The highest BCUT2D eigenvalue weighted by atomic mass is 16.2. The Bertz CT molecular complexity index is 941. The predicted molar refractivity (Wildman–Crippen MR) is 114 cm³/mol. The Labute approximate surface area is 171 Å². The van der Waals surface area contributed by atoms with Crippen molar-refractivity contribution in [1.29, 1.82) is 0 Å². The number of aromatic nitrogens is 4. The number of H-pyrrole nitrogens is 1. The monoisotopic (exact) mass is 392 g/mol. The lowest BCUT2D eigenvalue weighted by Gasteiger charge is -2.34. The van der Waals surface area contributed by atoms with Crippen LogP contribution in [0.5, 0.6) is 0 Å². The molecule has 29 heavy (non-hydrogen) atoms. The minimum absolute atomic E-state index is 0.216. The number of aromatic amines is 1. The van der Waals surface area contributed by atoms with Crippen LogP contribution in [0.4, 0.5) is 5.82 Å². The number of nitrogens with zero attached hydrogens (tertiary/aromatic N) is 5. The zero-order valence-electron chi connectivity index (χ0n) is 16.9. The molecule has 0 aromatic carbocycles. The molecule has 1 aliphatic heterocycles. The van der Waals surface area contributed by atoms with E-state index in [0.29, 0.717) is 18.9 Å². The average Bonchev–Trinajstić information content (AvgIpc) is 3.25. The van der Waals surface area contributed by atoms with Crippen molar-refractivity contribution in [1.82, 2.24) is 24.8 Å². The minimum atomic E-state index is 0.216. The van der Waals surface area contributed by atoms with Gasteiger partial charge in [0.05, 0.1) is 5.39 Å². The molecule has 0 radical (unpaired) electrons. The number of anilines is 1. The molecule has 3 aromatic heterocycles. The molecule has 1 amide bonds. The lowest BCUT2D eigenvalue weighted by atomic mass is 9.93. The van der Waals surface area contributed by atoms with Gasteiger partial charge in [-0.15, -0.1) is 0 Å². The quantitative estimate of drug-likeness (QED) is 0.669. The molecule has 1 fully saturated rings. The van der Waals surface area contributed by atoms with E-state index in [1.165, 1.54) is 6.42 Å². The summed E-state index contributed by atoms with van der Waals surface area (Å²) in [6.45, 7) is 2.66. The largest absolute Gasteiger partial charge is 0.356 e. The molecule has 1 unspecified atom stereocenters. The lowest BCUT2D eigenvalue weighted by Crippen LogP contribution is -2.37. The van der Waals surface area contributed by atoms with Gasteiger partial charge in [-0.2, -0.15) is 0 Å². The number of carbonyl (C=O) groups excluding carboxylic acids is 1.